The first-order chi connectivity index (χ1) is 12.6. The molecule has 3 aromatic heterocycles. The fourth-order valence-electron chi connectivity index (χ4n) is 2.45. The van der Waals surface area contributed by atoms with Crippen LogP contribution in [0.1, 0.15) is 0 Å². The Kier molecular flexibility index (Phi) is 3.73. The number of non-ortho nitro benzene ring substituents is 1. The molecule has 0 fully saturated rings. The lowest BCUT2D eigenvalue weighted by molar-refractivity contribution is -0.385. The Morgan fingerprint density at radius 1 is 1.08 bits per heavy atom. The lowest BCUT2D eigenvalue weighted by Gasteiger charge is -2.10. The largest absolute Gasteiger partial charge is 0.452 e. The standard InChI is InChI=1S/C17H10FN5O3/c18-13-9-12(23(24)25)2-3-15(13)26-16-8-11(17-19-5-1-6-20-17)10-22-14(16)4-7-21-22/h1-10H. The van der Waals surface area contributed by atoms with Crippen LogP contribution in [0.2, 0.25) is 0 Å². The number of nitro groups is 1. The van der Waals surface area contributed by atoms with Crippen LogP contribution < -0.4 is 4.74 Å². The molecule has 1 aromatic carbocycles. The molecule has 0 atom stereocenters. The van der Waals surface area contributed by atoms with Gasteiger partial charge in [0.25, 0.3) is 5.69 Å². The van der Waals surface area contributed by atoms with E-state index in [0.29, 0.717) is 22.7 Å². The maximum Gasteiger partial charge on any atom is 0.272 e. The number of nitro benzene ring substituents is 1. The van der Waals surface area contributed by atoms with Gasteiger partial charge in [-0.05, 0) is 24.3 Å². The van der Waals surface area contributed by atoms with Gasteiger partial charge in [-0.3, -0.25) is 10.1 Å². The quantitative estimate of drug-likeness (QED) is 0.411. The highest BCUT2D eigenvalue weighted by molar-refractivity contribution is 5.68. The summed E-state index contributed by atoms with van der Waals surface area (Å²) in [6.07, 6.45) is 6.51. The summed E-state index contributed by atoms with van der Waals surface area (Å²) in [5, 5.41) is 14.9. The van der Waals surface area contributed by atoms with Crippen LogP contribution in [0, 0.1) is 15.9 Å². The maximum absolute atomic E-state index is 14.2. The summed E-state index contributed by atoms with van der Waals surface area (Å²) in [6, 6.07) is 8.26. The smallest absolute Gasteiger partial charge is 0.272 e. The van der Waals surface area contributed by atoms with Crippen molar-refractivity contribution in [3.63, 3.8) is 0 Å². The molecule has 8 nitrogen and oxygen atoms in total. The van der Waals surface area contributed by atoms with E-state index < -0.39 is 10.7 Å². The first-order valence-electron chi connectivity index (χ1n) is 7.48. The summed E-state index contributed by atoms with van der Waals surface area (Å²) < 4.78 is 21.4. The van der Waals surface area contributed by atoms with E-state index in [1.165, 1.54) is 12.1 Å². The minimum atomic E-state index is -0.835. The molecule has 0 aliphatic rings. The van der Waals surface area contributed by atoms with Crippen molar-refractivity contribution in [2.75, 3.05) is 0 Å². The molecule has 0 spiro atoms. The highest BCUT2D eigenvalue weighted by Crippen LogP contribution is 2.32. The number of halogens is 1. The van der Waals surface area contributed by atoms with Crippen LogP contribution in [0.4, 0.5) is 10.1 Å². The van der Waals surface area contributed by atoms with E-state index in [9.17, 15) is 14.5 Å². The van der Waals surface area contributed by atoms with E-state index in [-0.39, 0.29) is 11.4 Å². The molecule has 3 heterocycles. The summed E-state index contributed by atoms with van der Waals surface area (Å²) in [7, 11) is 0. The van der Waals surface area contributed by atoms with Crippen molar-refractivity contribution in [3.05, 3.63) is 77.1 Å². The zero-order valence-corrected chi connectivity index (χ0v) is 13.1. The van der Waals surface area contributed by atoms with Crippen molar-refractivity contribution in [1.29, 1.82) is 0 Å². The van der Waals surface area contributed by atoms with Gasteiger partial charge in [-0.1, -0.05) is 0 Å². The summed E-state index contributed by atoms with van der Waals surface area (Å²) >= 11 is 0. The number of hydrogen-bond donors (Lipinski definition) is 0. The van der Waals surface area contributed by atoms with Crippen LogP contribution in [0.15, 0.2) is 61.2 Å². The van der Waals surface area contributed by atoms with E-state index >= 15 is 0 Å². The second kappa shape index (κ2) is 6.20. The Bertz CT molecular complexity index is 1110. The lowest BCUT2D eigenvalue weighted by atomic mass is 10.2. The summed E-state index contributed by atoms with van der Waals surface area (Å²) in [4.78, 5) is 18.4. The number of hydrogen-bond acceptors (Lipinski definition) is 6. The fraction of sp³-hybridized carbons (Fsp3) is 0. The molecular formula is C17H10FN5O3. The predicted molar refractivity (Wildman–Crippen MR) is 89.3 cm³/mol. The lowest BCUT2D eigenvalue weighted by Crippen LogP contribution is -1.97. The Labute approximate surface area is 145 Å². The monoisotopic (exact) mass is 351 g/mol. The van der Waals surface area contributed by atoms with Crippen molar-refractivity contribution >= 4 is 11.2 Å². The fourth-order valence-corrected chi connectivity index (χ4v) is 2.45. The number of nitrogens with zero attached hydrogens (tertiary/aromatic N) is 5. The predicted octanol–water partition coefficient (Wildman–Crippen LogP) is 3.63. The summed E-state index contributed by atoms with van der Waals surface area (Å²) in [6.45, 7) is 0. The topological polar surface area (TPSA) is 95.5 Å². The number of ether oxygens (including phenoxy) is 1. The van der Waals surface area contributed by atoms with E-state index in [2.05, 4.69) is 15.1 Å². The molecular weight excluding hydrogens is 341 g/mol. The Hall–Kier alpha value is -3.88. The van der Waals surface area contributed by atoms with Gasteiger partial charge in [0.2, 0.25) is 0 Å². The molecule has 0 saturated heterocycles. The van der Waals surface area contributed by atoms with Crippen molar-refractivity contribution in [2.45, 2.75) is 0 Å². The molecule has 4 rings (SSSR count). The molecule has 0 aliphatic carbocycles. The van der Waals surface area contributed by atoms with Crippen LogP contribution in [0.3, 0.4) is 0 Å². The molecule has 0 N–H and O–H groups in total. The van der Waals surface area contributed by atoms with E-state index in [1.807, 2.05) is 0 Å². The molecule has 128 valence electrons. The zero-order valence-electron chi connectivity index (χ0n) is 13.1. The van der Waals surface area contributed by atoms with Gasteiger partial charge in [-0.15, -0.1) is 0 Å². The van der Waals surface area contributed by atoms with Gasteiger partial charge in [0.15, 0.2) is 23.1 Å². The van der Waals surface area contributed by atoms with Crippen LogP contribution in [-0.2, 0) is 0 Å². The van der Waals surface area contributed by atoms with Crippen LogP contribution in [0.25, 0.3) is 16.9 Å². The van der Waals surface area contributed by atoms with Crippen LogP contribution >= 0.6 is 0 Å². The minimum Gasteiger partial charge on any atom is -0.452 e. The average molecular weight is 351 g/mol. The molecule has 26 heavy (non-hydrogen) atoms. The van der Waals surface area contributed by atoms with Crippen molar-refractivity contribution in [1.82, 2.24) is 19.6 Å². The summed E-state index contributed by atoms with van der Waals surface area (Å²) in [5.41, 5.74) is 0.873. The van der Waals surface area contributed by atoms with Gasteiger partial charge in [0, 0.05) is 30.2 Å². The van der Waals surface area contributed by atoms with Crippen LogP contribution in [-0.4, -0.2) is 24.5 Å². The number of pyridine rings is 1. The second-order valence-electron chi connectivity index (χ2n) is 5.30. The second-order valence-corrected chi connectivity index (χ2v) is 5.30. The van der Waals surface area contributed by atoms with E-state index in [0.717, 1.165) is 6.07 Å². The molecule has 0 radical (unpaired) electrons. The molecule has 0 unspecified atom stereocenters. The van der Waals surface area contributed by atoms with E-state index in [1.54, 1.807) is 47.5 Å². The Morgan fingerprint density at radius 2 is 1.88 bits per heavy atom. The van der Waals surface area contributed by atoms with Crippen LogP contribution in [0.5, 0.6) is 11.5 Å². The molecule has 0 aliphatic heterocycles. The zero-order chi connectivity index (χ0) is 18.1. The van der Waals surface area contributed by atoms with Gasteiger partial charge in [-0.2, -0.15) is 5.10 Å². The van der Waals surface area contributed by atoms with Gasteiger partial charge in [0.1, 0.15) is 5.52 Å². The van der Waals surface area contributed by atoms with Gasteiger partial charge in [-0.25, -0.2) is 18.9 Å². The Morgan fingerprint density at radius 3 is 2.62 bits per heavy atom. The molecule has 0 saturated carbocycles. The Balaban J connectivity index is 1.79. The molecule has 0 bridgehead atoms. The third-order valence-electron chi connectivity index (χ3n) is 3.64. The molecule has 4 aromatic rings. The maximum atomic E-state index is 14.2. The summed E-state index contributed by atoms with van der Waals surface area (Å²) in [5.74, 6) is -0.192. The number of rotatable bonds is 4. The normalized spacial score (nSPS) is 10.8. The van der Waals surface area contributed by atoms with Gasteiger partial charge >= 0.3 is 0 Å². The minimum absolute atomic E-state index is 0.134. The van der Waals surface area contributed by atoms with Crippen molar-refractivity contribution in [3.8, 4) is 22.9 Å². The van der Waals surface area contributed by atoms with Crippen molar-refractivity contribution in [2.24, 2.45) is 0 Å². The highest BCUT2D eigenvalue weighted by atomic mass is 19.1. The molecule has 9 heteroatoms. The number of fused-ring (bicyclic) bond motifs is 1. The average Bonchev–Trinajstić information content (AvgIpc) is 3.13. The third kappa shape index (κ3) is 2.81. The van der Waals surface area contributed by atoms with Crippen molar-refractivity contribution < 1.29 is 14.1 Å². The first-order valence-corrected chi connectivity index (χ1v) is 7.48. The van der Waals surface area contributed by atoms with E-state index in [4.69, 9.17) is 4.74 Å². The number of aromatic nitrogens is 4. The van der Waals surface area contributed by atoms with Gasteiger partial charge in [0.05, 0.1) is 17.2 Å². The third-order valence-corrected chi connectivity index (χ3v) is 3.64. The highest BCUT2D eigenvalue weighted by Gasteiger charge is 2.15. The first kappa shape index (κ1) is 15.6. The molecule has 0 amide bonds. The number of benzene rings is 1. The van der Waals surface area contributed by atoms with Gasteiger partial charge < -0.3 is 4.74 Å². The SMILES string of the molecule is O=[N+]([O-])c1ccc(Oc2cc(-c3ncccn3)cn3nccc23)c(F)c1.